The number of rotatable bonds is 3. The topological polar surface area (TPSA) is 46.6 Å². The van der Waals surface area contributed by atoms with E-state index >= 15 is 0 Å². The second-order valence-corrected chi connectivity index (χ2v) is 6.27. The third-order valence-corrected chi connectivity index (χ3v) is 4.67. The summed E-state index contributed by atoms with van der Waals surface area (Å²) in [4.78, 5) is 6.65. The number of para-hydroxylation sites is 1. The highest BCUT2D eigenvalue weighted by molar-refractivity contribution is 5.85. The third-order valence-electron chi connectivity index (χ3n) is 4.67. The van der Waals surface area contributed by atoms with Crippen molar-refractivity contribution in [1.29, 1.82) is 0 Å². The standard InChI is InChI=1S/C19H23N3O2.ClH/c1-3-16(19-18(4-1)23-11-2-12-24-19)14-22-10-9-21-13-17(22)15-5-7-20-8-6-15;/h1,3-8,17,21H,2,9-14H2;1H. The number of halogens is 1. The fourth-order valence-electron chi connectivity index (χ4n) is 3.45. The summed E-state index contributed by atoms with van der Waals surface area (Å²) in [7, 11) is 0. The molecule has 6 heteroatoms. The number of hydrogen-bond acceptors (Lipinski definition) is 5. The molecule has 2 aromatic rings. The minimum Gasteiger partial charge on any atom is -0.490 e. The lowest BCUT2D eigenvalue weighted by Gasteiger charge is -2.36. The summed E-state index contributed by atoms with van der Waals surface area (Å²) in [6, 6.07) is 10.8. The highest BCUT2D eigenvalue weighted by atomic mass is 35.5. The van der Waals surface area contributed by atoms with Gasteiger partial charge in [-0.15, -0.1) is 12.4 Å². The van der Waals surface area contributed by atoms with Crippen molar-refractivity contribution >= 4 is 12.4 Å². The van der Waals surface area contributed by atoms with E-state index in [0.29, 0.717) is 6.04 Å². The predicted octanol–water partition coefficient (Wildman–Crippen LogP) is 2.81. The van der Waals surface area contributed by atoms with Gasteiger partial charge in [-0.2, -0.15) is 0 Å². The predicted molar refractivity (Wildman–Crippen MR) is 99.6 cm³/mol. The van der Waals surface area contributed by atoms with Crippen LogP contribution in [-0.4, -0.2) is 42.7 Å². The van der Waals surface area contributed by atoms with Crippen LogP contribution < -0.4 is 14.8 Å². The summed E-state index contributed by atoms with van der Waals surface area (Å²) >= 11 is 0. The molecular formula is C19H24ClN3O2. The molecule has 1 fully saturated rings. The second-order valence-electron chi connectivity index (χ2n) is 6.27. The number of ether oxygens (including phenoxy) is 2. The van der Waals surface area contributed by atoms with Crippen molar-refractivity contribution in [2.24, 2.45) is 0 Å². The molecule has 25 heavy (non-hydrogen) atoms. The molecule has 2 aliphatic rings. The van der Waals surface area contributed by atoms with Gasteiger partial charge in [-0.3, -0.25) is 9.88 Å². The Bertz CT molecular complexity index is 684. The van der Waals surface area contributed by atoms with E-state index in [1.165, 1.54) is 11.1 Å². The molecule has 0 amide bonds. The average molecular weight is 362 g/mol. The Morgan fingerprint density at radius 1 is 1.12 bits per heavy atom. The van der Waals surface area contributed by atoms with Gasteiger partial charge in [0.15, 0.2) is 11.5 Å². The first-order chi connectivity index (χ1) is 11.9. The first kappa shape index (κ1) is 18.0. The second kappa shape index (κ2) is 8.52. The monoisotopic (exact) mass is 361 g/mol. The van der Waals surface area contributed by atoms with E-state index in [1.54, 1.807) is 0 Å². The van der Waals surface area contributed by atoms with Crippen LogP contribution in [0.1, 0.15) is 23.6 Å². The van der Waals surface area contributed by atoms with E-state index < -0.39 is 0 Å². The van der Waals surface area contributed by atoms with E-state index in [9.17, 15) is 0 Å². The van der Waals surface area contributed by atoms with Crippen LogP contribution in [0.2, 0.25) is 0 Å². The van der Waals surface area contributed by atoms with E-state index in [0.717, 1.165) is 57.3 Å². The van der Waals surface area contributed by atoms with Crippen LogP contribution in [0.4, 0.5) is 0 Å². The van der Waals surface area contributed by atoms with Gasteiger partial charge >= 0.3 is 0 Å². The van der Waals surface area contributed by atoms with Crippen LogP contribution in [-0.2, 0) is 6.54 Å². The fourth-order valence-corrected chi connectivity index (χ4v) is 3.45. The molecular weight excluding hydrogens is 338 g/mol. The van der Waals surface area contributed by atoms with Gasteiger partial charge in [0.1, 0.15) is 0 Å². The molecule has 1 unspecified atom stereocenters. The summed E-state index contributed by atoms with van der Waals surface area (Å²) in [6.45, 7) is 5.28. The van der Waals surface area contributed by atoms with E-state index in [1.807, 2.05) is 18.5 Å². The summed E-state index contributed by atoms with van der Waals surface area (Å²) in [5.41, 5.74) is 2.51. The molecule has 3 heterocycles. The molecule has 134 valence electrons. The number of aromatic nitrogens is 1. The summed E-state index contributed by atoms with van der Waals surface area (Å²) < 4.78 is 11.8. The first-order valence-electron chi connectivity index (χ1n) is 8.64. The van der Waals surface area contributed by atoms with Crippen molar-refractivity contribution in [1.82, 2.24) is 15.2 Å². The lowest BCUT2D eigenvalue weighted by atomic mass is 10.0. The first-order valence-corrected chi connectivity index (χ1v) is 8.64. The molecule has 5 nitrogen and oxygen atoms in total. The largest absolute Gasteiger partial charge is 0.490 e. The Balaban J connectivity index is 0.00000182. The molecule has 1 aromatic heterocycles. The van der Waals surface area contributed by atoms with Gasteiger partial charge in [0.25, 0.3) is 0 Å². The highest BCUT2D eigenvalue weighted by Gasteiger charge is 2.25. The summed E-state index contributed by atoms with van der Waals surface area (Å²) in [5, 5.41) is 3.50. The van der Waals surface area contributed by atoms with Crippen molar-refractivity contribution in [2.45, 2.75) is 19.0 Å². The molecule has 0 bridgehead atoms. The quantitative estimate of drug-likeness (QED) is 0.910. The zero-order valence-corrected chi connectivity index (χ0v) is 15.0. The number of piperazine rings is 1. The normalized spacial score (nSPS) is 20.4. The maximum atomic E-state index is 5.98. The van der Waals surface area contributed by atoms with E-state index in [4.69, 9.17) is 9.47 Å². The van der Waals surface area contributed by atoms with Crippen molar-refractivity contribution in [3.05, 3.63) is 53.9 Å². The lowest BCUT2D eigenvalue weighted by Crippen LogP contribution is -2.45. The maximum Gasteiger partial charge on any atom is 0.165 e. The summed E-state index contributed by atoms with van der Waals surface area (Å²) in [6.07, 6.45) is 4.67. The molecule has 2 aliphatic heterocycles. The van der Waals surface area contributed by atoms with Gasteiger partial charge in [0, 0.05) is 56.6 Å². The Morgan fingerprint density at radius 3 is 2.84 bits per heavy atom. The van der Waals surface area contributed by atoms with Crippen molar-refractivity contribution in [3.63, 3.8) is 0 Å². The minimum atomic E-state index is 0. The number of fused-ring (bicyclic) bond motifs is 1. The van der Waals surface area contributed by atoms with Crippen LogP contribution in [0.25, 0.3) is 0 Å². The molecule has 0 radical (unpaired) electrons. The summed E-state index contributed by atoms with van der Waals surface area (Å²) in [5.74, 6) is 1.79. The fraction of sp³-hybridized carbons (Fsp3) is 0.421. The lowest BCUT2D eigenvalue weighted by molar-refractivity contribution is 0.151. The van der Waals surface area contributed by atoms with Crippen LogP contribution in [0.15, 0.2) is 42.7 Å². The Labute approximate surface area is 154 Å². The molecule has 0 spiro atoms. The van der Waals surface area contributed by atoms with Crippen LogP contribution in [0, 0.1) is 0 Å². The molecule has 1 aromatic carbocycles. The van der Waals surface area contributed by atoms with Gasteiger partial charge in [0.2, 0.25) is 0 Å². The van der Waals surface area contributed by atoms with E-state index in [2.05, 4.69) is 39.5 Å². The number of pyridine rings is 1. The molecule has 1 saturated heterocycles. The zero-order chi connectivity index (χ0) is 16.2. The van der Waals surface area contributed by atoms with Crippen molar-refractivity contribution < 1.29 is 9.47 Å². The Hall–Kier alpha value is -1.82. The third kappa shape index (κ3) is 4.06. The van der Waals surface area contributed by atoms with Crippen LogP contribution in [0.3, 0.4) is 0 Å². The van der Waals surface area contributed by atoms with Crippen molar-refractivity contribution in [2.75, 3.05) is 32.8 Å². The van der Waals surface area contributed by atoms with Gasteiger partial charge < -0.3 is 14.8 Å². The number of hydrogen-bond donors (Lipinski definition) is 1. The number of nitrogens with zero attached hydrogens (tertiary/aromatic N) is 2. The Kier molecular flexibility index (Phi) is 6.13. The van der Waals surface area contributed by atoms with Gasteiger partial charge in [-0.05, 0) is 23.8 Å². The smallest absolute Gasteiger partial charge is 0.165 e. The van der Waals surface area contributed by atoms with Crippen molar-refractivity contribution in [3.8, 4) is 11.5 Å². The Morgan fingerprint density at radius 2 is 1.96 bits per heavy atom. The van der Waals surface area contributed by atoms with Gasteiger partial charge in [-0.1, -0.05) is 12.1 Å². The molecule has 0 aliphatic carbocycles. The zero-order valence-electron chi connectivity index (χ0n) is 14.2. The molecule has 1 N–H and O–H groups in total. The maximum absolute atomic E-state index is 5.98. The molecule has 4 rings (SSSR count). The average Bonchev–Trinajstić information content (AvgIpc) is 2.89. The number of benzene rings is 1. The molecule has 1 atom stereocenters. The van der Waals surface area contributed by atoms with Gasteiger partial charge in [0.05, 0.1) is 13.2 Å². The highest BCUT2D eigenvalue weighted by Crippen LogP contribution is 2.35. The van der Waals surface area contributed by atoms with E-state index in [-0.39, 0.29) is 12.4 Å². The molecule has 0 saturated carbocycles. The van der Waals surface area contributed by atoms with Gasteiger partial charge in [-0.25, -0.2) is 0 Å². The van der Waals surface area contributed by atoms with Crippen LogP contribution >= 0.6 is 12.4 Å². The SMILES string of the molecule is Cl.c1cc(CN2CCNCC2c2ccncc2)c2c(c1)OCCCO2. The van der Waals surface area contributed by atoms with Crippen LogP contribution in [0.5, 0.6) is 11.5 Å². The number of nitrogens with one attached hydrogen (secondary N) is 1. The minimum absolute atomic E-state index is 0.